The van der Waals surface area contributed by atoms with Gasteiger partial charge in [-0.1, -0.05) is 29.8 Å². The first-order valence-corrected chi connectivity index (χ1v) is 11.7. The van der Waals surface area contributed by atoms with Crippen molar-refractivity contribution in [2.45, 2.75) is 11.1 Å². The average Bonchev–Trinajstić information content (AvgIpc) is 3.22. The summed E-state index contributed by atoms with van der Waals surface area (Å²) in [4.78, 5) is 13.3. The molecule has 0 atom stereocenters. The highest BCUT2D eigenvalue weighted by atomic mass is 35.5. The van der Waals surface area contributed by atoms with Gasteiger partial charge in [-0.05, 0) is 54.4 Å². The minimum absolute atomic E-state index is 0.210. The van der Waals surface area contributed by atoms with E-state index in [1.54, 1.807) is 48.5 Å². The van der Waals surface area contributed by atoms with Gasteiger partial charge in [-0.15, -0.1) is 11.3 Å². The number of hydrogen-bond acceptors (Lipinski definition) is 5. The summed E-state index contributed by atoms with van der Waals surface area (Å²) < 4.78 is 32.2. The Morgan fingerprint density at radius 2 is 1.83 bits per heavy atom. The summed E-state index contributed by atoms with van der Waals surface area (Å²) >= 11 is 7.26. The molecule has 0 saturated carbocycles. The van der Waals surface area contributed by atoms with Crippen LogP contribution in [0, 0.1) is 6.92 Å². The first kappa shape index (κ1) is 22.5. The summed E-state index contributed by atoms with van der Waals surface area (Å²) in [7, 11) is -2.06. The molecule has 0 aliphatic heterocycles. The zero-order chi connectivity index (χ0) is 21.7. The van der Waals surface area contributed by atoms with Crippen LogP contribution in [0.3, 0.4) is 0 Å². The van der Waals surface area contributed by atoms with Crippen molar-refractivity contribution in [1.29, 1.82) is 0 Å². The van der Waals surface area contributed by atoms with Crippen molar-refractivity contribution >= 4 is 44.6 Å². The molecule has 3 rings (SSSR count). The van der Waals surface area contributed by atoms with Crippen LogP contribution in [-0.4, -0.2) is 34.6 Å². The Balaban J connectivity index is 1.70. The van der Waals surface area contributed by atoms with Gasteiger partial charge in [0.05, 0.1) is 6.61 Å². The molecule has 0 spiro atoms. The summed E-state index contributed by atoms with van der Waals surface area (Å²) in [5.41, 5.74) is 2.87. The van der Waals surface area contributed by atoms with Gasteiger partial charge >= 0.3 is 0 Å². The van der Waals surface area contributed by atoms with Gasteiger partial charge in [0.2, 0.25) is 10.0 Å². The van der Waals surface area contributed by atoms with Crippen molar-refractivity contribution in [1.82, 2.24) is 4.72 Å². The Labute approximate surface area is 184 Å². The summed E-state index contributed by atoms with van der Waals surface area (Å²) in [5.74, 6) is -0.252. The molecule has 0 aliphatic carbocycles. The van der Waals surface area contributed by atoms with Gasteiger partial charge < -0.3 is 10.1 Å². The van der Waals surface area contributed by atoms with Crippen molar-refractivity contribution < 1.29 is 17.9 Å². The van der Waals surface area contributed by atoms with Crippen molar-refractivity contribution in [2.24, 2.45) is 0 Å². The summed E-state index contributed by atoms with van der Waals surface area (Å²) in [6, 6.07) is 15.6. The summed E-state index contributed by atoms with van der Waals surface area (Å²) in [6.45, 7) is 2.40. The molecule has 1 amide bonds. The van der Waals surface area contributed by atoms with Gasteiger partial charge in [0.15, 0.2) is 0 Å². The monoisotopic (exact) mass is 464 g/mol. The lowest BCUT2D eigenvalue weighted by molar-refractivity contribution is 0.102. The van der Waals surface area contributed by atoms with E-state index in [4.69, 9.17) is 16.3 Å². The lowest BCUT2D eigenvalue weighted by atomic mass is 10.1. The van der Waals surface area contributed by atoms with E-state index in [0.717, 1.165) is 27.3 Å². The first-order valence-electron chi connectivity index (χ1n) is 9.06. The second-order valence-electron chi connectivity index (χ2n) is 6.50. The number of halogens is 1. The predicted octanol–water partition coefficient (Wildman–Crippen LogP) is 4.55. The minimum Gasteiger partial charge on any atom is -0.383 e. The Bertz CT molecular complexity index is 1140. The Hall–Kier alpha value is -2.23. The lowest BCUT2D eigenvalue weighted by Crippen LogP contribution is -2.26. The highest BCUT2D eigenvalue weighted by Gasteiger charge is 2.17. The van der Waals surface area contributed by atoms with Crippen molar-refractivity contribution in [3.8, 4) is 10.4 Å². The van der Waals surface area contributed by atoms with Crippen molar-refractivity contribution in [2.75, 3.05) is 25.6 Å². The van der Waals surface area contributed by atoms with Crippen LogP contribution in [0.1, 0.15) is 15.9 Å². The van der Waals surface area contributed by atoms with E-state index in [0.29, 0.717) is 22.9 Å². The van der Waals surface area contributed by atoms with Gasteiger partial charge in [0.25, 0.3) is 5.91 Å². The molecule has 0 radical (unpaired) electrons. The molecule has 0 bridgehead atoms. The number of methoxy groups -OCH3 is 1. The third-order valence-corrected chi connectivity index (χ3v) is 7.80. The van der Waals surface area contributed by atoms with Gasteiger partial charge in [-0.2, -0.15) is 0 Å². The molecular formula is C21H21ClN2O4S2. The summed E-state index contributed by atoms with van der Waals surface area (Å²) in [5, 5.41) is 3.40. The maximum atomic E-state index is 12.5. The number of aryl methyl sites for hydroxylation is 1. The van der Waals surface area contributed by atoms with E-state index < -0.39 is 10.0 Å². The number of sulfonamides is 1. The fourth-order valence-electron chi connectivity index (χ4n) is 2.63. The van der Waals surface area contributed by atoms with Gasteiger partial charge in [0, 0.05) is 34.8 Å². The third kappa shape index (κ3) is 5.47. The zero-order valence-corrected chi connectivity index (χ0v) is 18.8. The Morgan fingerprint density at radius 3 is 2.50 bits per heavy atom. The van der Waals surface area contributed by atoms with E-state index in [2.05, 4.69) is 10.0 Å². The molecule has 0 unspecified atom stereocenters. The largest absolute Gasteiger partial charge is 0.383 e. The van der Waals surface area contributed by atoms with Crippen molar-refractivity contribution in [3.63, 3.8) is 0 Å². The molecule has 1 heterocycles. The highest BCUT2D eigenvalue weighted by Crippen LogP contribution is 2.31. The van der Waals surface area contributed by atoms with Crippen LogP contribution in [0.5, 0.6) is 0 Å². The number of carbonyl (C=O) groups is 1. The number of thiophene rings is 1. The Kier molecular flexibility index (Phi) is 7.27. The van der Waals surface area contributed by atoms with Crippen LogP contribution in [-0.2, 0) is 14.8 Å². The van der Waals surface area contributed by atoms with Crippen molar-refractivity contribution in [3.05, 3.63) is 70.7 Å². The predicted molar refractivity (Wildman–Crippen MR) is 121 cm³/mol. The number of nitrogens with one attached hydrogen (secondary N) is 2. The third-order valence-electron chi connectivity index (χ3n) is 4.31. The molecule has 0 aliphatic rings. The highest BCUT2D eigenvalue weighted by molar-refractivity contribution is 7.91. The SMILES string of the molecule is COCCNS(=O)(=O)c1ccc(-c2ccc(C(=O)Nc3ccc(C)c(Cl)c3)cc2)s1. The molecule has 9 heteroatoms. The molecule has 2 aromatic carbocycles. The standard InChI is InChI=1S/C21H21ClN2O4S2/c1-14-3-8-17(13-18(14)22)24-21(25)16-6-4-15(5-7-16)19-9-10-20(29-19)30(26,27)23-11-12-28-2/h3-10,13,23H,11-12H2,1-2H3,(H,24,25). The van der Waals surface area contributed by atoms with Gasteiger partial charge in [0.1, 0.15) is 4.21 Å². The first-order chi connectivity index (χ1) is 14.3. The molecule has 6 nitrogen and oxygen atoms in total. The number of ether oxygens (including phenoxy) is 1. The van der Waals surface area contributed by atoms with Crippen LogP contribution < -0.4 is 10.0 Å². The number of amides is 1. The van der Waals surface area contributed by atoms with E-state index in [1.165, 1.54) is 7.11 Å². The second kappa shape index (κ2) is 9.72. The fourth-order valence-corrected chi connectivity index (χ4v) is 5.18. The maximum absolute atomic E-state index is 12.5. The maximum Gasteiger partial charge on any atom is 0.255 e. The molecular weight excluding hydrogens is 444 g/mol. The summed E-state index contributed by atoms with van der Waals surface area (Å²) in [6.07, 6.45) is 0. The number of benzene rings is 2. The molecule has 1 aromatic heterocycles. The molecule has 0 fully saturated rings. The van der Waals surface area contributed by atoms with Crippen LogP contribution in [0.4, 0.5) is 5.69 Å². The number of hydrogen-bond donors (Lipinski definition) is 2. The average molecular weight is 465 g/mol. The molecule has 30 heavy (non-hydrogen) atoms. The van der Waals surface area contributed by atoms with E-state index in [9.17, 15) is 13.2 Å². The lowest BCUT2D eigenvalue weighted by Gasteiger charge is -2.07. The smallest absolute Gasteiger partial charge is 0.255 e. The quantitative estimate of drug-likeness (QED) is 0.479. The van der Waals surface area contributed by atoms with Crippen LogP contribution in [0.25, 0.3) is 10.4 Å². The number of rotatable bonds is 8. The van der Waals surface area contributed by atoms with Crippen LogP contribution >= 0.6 is 22.9 Å². The molecule has 2 N–H and O–H groups in total. The second-order valence-corrected chi connectivity index (χ2v) is 9.99. The normalized spacial score (nSPS) is 11.4. The zero-order valence-electron chi connectivity index (χ0n) is 16.4. The number of carbonyl (C=O) groups excluding carboxylic acids is 1. The fraction of sp³-hybridized carbons (Fsp3) is 0.190. The minimum atomic E-state index is -3.57. The van der Waals surface area contributed by atoms with E-state index in [1.807, 2.05) is 13.0 Å². The van der Waals surface area contributed by atoms with Gasteiger partial charge in [-0.3, -0.25) is 4.79 Å². The van der Waals surface area contributed by atoms with E-state index in [-0.39, 0.29) is 16.7 Å². The molecule has 158 valence electrons. The molecule has 3 aromatic rings. The van der Waals surface area contributed by atoms with E-state index >= 15 is 0 Å². The topological polar surface area (TPSA) is 84.5 Å². The number of anilines is 1. The Morgan fingerprint density at radius 1 is 1.10 bits per heavy atom. The van der Waals surface area contributed by atoms with Crippen LogP contribution in [0.15, 0.2) is 58.8 Å². The van der Waals surface area contributed by atoms with Crippen LogP contribution in [0.2, 0.25) is 5.02 Å². The van der Waals surface area contributed by atoms with Gasteiger partial charge in [-0.25, -0.2) is 13.1 Å². The molecule has 0 saturated heterocycles.